The van der Waals surface area contributed by atoms with Crippen molar-refractivity contribution in [1.29, 1.82) is 0 Å². The Morgan fingerprint density at radius 2 is 2.05 bits per heavy atom. The molecule has 0 saturated heterocycles. The van der Waals surface area contributed by atoms with Crippen molar-refractivity contribution in [3.8, 4) is 11.3 Å². The van der Waals surface area contributed by atoms with E-state index in [0.717, 1.165) is 13.0 Å². The standard InChI is InChI=1S/C18H22N4/c1-12(20-21-19)11-22-8-7-14-9-13-5-6-15(18(2,3)4)10-16(13)17(14)22/h5-8,10,12H,9,11H2,1-4H3. The summed E-state index contributed by atoms with van der Waals surface area (Å²) in [5, 5.41) is 3.80. The second-order valence-corrected chi connectivity index (χ2v) is 7.19. The molecule has 0 amide bonds. The number of nitrogens with zero attached hydrogens (tertiary/aromatic N) is 4. The molecule has 0 N–H and O–H groups in total. The average molecular weight is 294 g/mol. The van der Waals surface area contributed by atoms with Gasteiger partial charge in [-0.05, 0) is 39.8 Å². The van der Waals surface area contributed by atoms with Crippen LogP contribution in [0.3, 0.4) is 0 Å². The number of hydrogen-bond donors (Lipinski definition) is 0. The van der Waals surface area contributed by atoms with Gasteiger partial charge < -0.3 is 4.57 Å². The molecule has 1 atom stereocenters. The molecule has 0 fully saturated rings. The molecule has 2 aromatic rings. The van der Waals surface area contributed by atoms with Crippen LogP contribution in [0.2, 0.25) is 0 Å². The van der Waals surface area contributed by atoms with Crippen LogP contribution in [0, 0.1) is 0 Å². The number of azide groups is 1. The van der Waals surface area contributed by atoms with Gasteiger partial charge in [-0.3, -0.25) is 0 Å². The maximum Gasteiger partial charge on any atom is 0.0525 e. The monoisotopic (exact) mass is 294 g/mol. The van der Waals surface area contributed by atoms with Gasteiger partial charge >= 0.3 is 0 Å². The minimum Gasteiger partial charge on any atom is -0.347 e. The van der Waals surface area contributed by atoms with Crippen LogP contribution in [0.15, 0.2) is 35.6 Å². The topological polar surface area (TPSA) is 53.7 Å². The molecule has 0 spiro atoms. The fourth-order valence-corrected chi connectivity index (χ4v) is 3.17. The first-order chi connectivity index (χ1) is 10.4. The summed E-state index contributed by atoms with van der Waals surface area (Å²) in [7, 11) is 0. The molecule has 4 nitrogen and oxygen atoms in total. The second kappa shape index (κ2) is 5.22. The van der Waals surface area contributed by atoms with Gasteiger partial charge in [0.05, 0.1) is 11.7 Å². The molecule has 22 heavy (non-hydrogen) atoms. The first-order valence-corrected chi connectivity index (χ1v) is 7.76. The highest BCUT2D eigenvalue weighted by Crippen LogP contribution is 2.39. The van der Waals surface area contributed by atoms with Crippen molar-refractivity contribution in [2.45, 2.75) is 52.1 Å². The summed E-state index contributed by atoms with van der Waals surface area (Å²) in [5.74, 6) is 0. The minimum atomic E-state index is -0.0450. The zero-order valence-electron chi connectivity index (χ0n) is 13.7. The lowest BCUT2D eigenvalue weighted by molar-refractivity contribution is 0.588. The first kappa shape index (κ1) is 14.7. The Labute approximate surface area is 131 Å². The highest BCUT2D eigenvalue weighted by molar-refractivity contribution is 5.75. The number of benzene rings is 1. The third kappa shape index (κ3) is 2.51. The molecule has 1 unspecified atom stereocenters. The normalized spacial score (nSPS) is 14.2. The van der Waals surface area contributed by atoms with Crippen molar-refractivity contribution in [2.24, 2.45) is 5.11 Å². The Kier molecular flexibility index (Phi) is 3.50. The fourth-order valence-electron chi connectivity index (χ4n) is 3.17. The quantitative estimate of drug-likeness (QED) is 0.368. The molecular formula is C18H22N4. The molecule has 0 aliphatic heterocycles. The van der Waals surface area contributed by atoms with Gasteiger partial charge in [0.15, 0.2) is 0 Å². The van der Waals surface area contributed by atoms with Crippen molar-refractivity contribution in [2.75, 3.05) is 0 Å². The summed E-state index contributed by atoms with van der Waals surface area (Å²) in [6, 6.07) is 8.98. The minimum absolute atomic E-state index is 0.0450. The second-order valence-electron chi connectivity index (χ2n) is 7.19. The van der Waals surface area contributed by atoms with Gasteiger partial charge in [-0.2, -0.15) is 0 Å². The summed E-state index contributed by atoms with van der Waals surface area (Å²) in [6.07, 6.45) is 3.11. The van der Waals surface area contributed by atoms with E-state index in [9.17, 15) is 0 Å². The Hall–Kier alpha value is -2.19. The summed E-state index contributed by atoms with van der Waals surface area (Å²) in [5.41, 5.74) is 15.5. The van der Waals surface area contributed by atoms with Crippen LogP contribution in [-0.2, 0) is 18.4 Å². The van der Waals surface area contributed by atoms with E-state index in [2.05, 4.69) is 65.8 Å². The maximum absolute atomic E-state index is 8.59. The van der Waals surface area contributed by atoms with E-state index in [0.29, 0.717) is 0 Å². The van der Waals surface area contributed by atoms with Crippen LogP contribution >= 0.6 is 0 Å². The van der Waals surface area contributed by atoms with Gasteiger partial charge in [0.1, 0.15) is 0 Å². The van der Waals surface area contributed by atoms with Gasteiger partial charge in [-0.25, -0.2) is 0 Å². The Bertz CT molecular complexity index is 758. The van der Waals surface area contributed by atoms with Crippen molar-refractivity contribution < 1.29 is 0 Å². The summed E-state index contributed by atoms with van der Waals surface area (Å²) >= 11 is 0. The molecule has 4 heteroatoms. The molecule has 1 heterocycles. The van der Waals surface area contributed by atoms with Crippen LogP contribution < -0.4 is 0 Å². The maximum atomic E-state index is 8.59. The molecule has 1 aliphatic carbocycles. The molecule has 0 radical (unpaired) electrons. The molecule has 1 aliphatic rings. The smallest absolute Gasteiger partial charge is 0.0525 e. The Balaban J connectivity index is 2.04. The highest BCUT2D eigenvalue weighted by atomic mass is 15.2. The van der Waals surface area contributed by atoms with Crippen LogP contribution in [0.25, 0.3) is 21.7 Å². The molecule has 3 rings (SSSR count). The number of aromatic nitrogens is 1. The lowest BCUT2D eigenvalue weighted by atomic mass is 9.85. The van der Waals surface area contributed by atoms with E-state index in [1.54, 1.807) is 0 Å². The van der Waals surface area contributed by atoms with Gasteiger partial charge in [0.25, 0.3) is 0 Å². The van der Waals surface area contributed by atoms with Crippen LogP contribution in [0.5, 0.6) is 0 Å². The van der Waals surface area contributed by atoms with E-state index < -0.39 is 0 Å². The van der Waals surface area contributed by atoms with Gasteiger partial charge in [-0.15, -0.1) is 0 Å². The lowest BCUT2D eigenvalue weighted by Gasteiger charge is -2.20. The van der Waals surface area contributed by atoms with Crippen LogP contribution in [0.4, 0.5) is 0 Å². The summed E-state index contributed by atoms with van der Waals surface area (Å²) in [4.78, 5) is 2.91. The van der Waals surface area contributed by atoms with Gasteiger partial charge in [0.2, 0.25) is 0 Å². The lowest BCUT2D eigenvalue weighted by Crippen LogP contribution is -2.12. The van der Waals surface area contributed by atoms with Gasteiger partial charge in [0, 0.05) is 29.6 Å². The SMILES string of the molecule is CC(Cn1ccc2c1-c1cc(C(C)(C)C)ccc1C2)N=[N+]=[N-]. The van der Waals surface area contributed by atoms with E-state index in [1.807, 2.05) is 6.92 Å². The number of hydrogen-bond acceptors (Lipinski definition) is 1. The third-order valence-electron chi connectivity index (χ3n) is 4.37. The van der Waals surface area contributed by atoms with Crippen molar-refractivity contribution in [3.63, 3.8) is 0 Å². The van der Waals surface area contributed by atoms with Crippen LogP contribution in [0.1, 0.15) is 44.4 Å². The van der Waals surface area contributed by atoms with E-state index in [4.69, 9.17) is 5.53 Å². The molecular weight excluding hydrogens is 272 g/mol. The number of fused-ring (bicyclic) bond motifs is 3. The Morgan fingerprint density at radius 1 is 1.27 bits per heavy atom. The first-order valence-electron chi connectivity index (χ1n) is 7.76. The molecule has 0 bridgehead atoms. The average Bonchev–Trinajstić information content (AvgIpc) is 2.97. The van der Waals surface area contributed by atoms with E-state index in [-0.39, 0.29) is 11.5 Å². The van der Waals surface area contributed by atoms with Crippen molar-refractivity contribution in [1.82, 2.24) is 4.57 Å². The predicted octanol–water partition coefficient (Wildman–Crippen LogP) is 5.06. The highest BCUT2D eigenvalue weighted by Gasteiger charge is 2.25. The Morgan fingerprint density at radius 3 is 2.73 bits per heavy atom. The van der Waals surface area contributed by atoms with E-state index >= 15 is 0 Å². The molecule has 1 aromatic carbocycles. The summed E-state index contributed by atoms with van der Waals surface area (Å²) < 4.78 is 2.23. The summed E-state index contributed by atoms with van der Waals surface area (Å²) in [6.45, 7) is 9.40. The van der Waals surface area contributed by atoms with Crippen molar-refractivity contribution >= 4 is 0 Å². The zero-order chi connectivity index (χ0) is 15.9. The molecule has 0 saturated carbocycles. The van der Waals surface area contributed by atoms with Crippen molar-refractivity contribution in [3.05, 3.63) is 57.6 Å². The van der Waals surface area contributed by atoms with Crippen LogP contribution in [-0.4, -0.2) is 10.6 Å². The number of rotatable bonds is 3. The van der Waals surface area contributed by atoms with Gasteiger partial charge in [-0.1, -0.05) is 44.9 Å². The third-order valence-corrected chi connectivity index (χ3v) is 4.37. The molecule has 114 valence electrons. The van der Waals surface area contributed by atoms with E-state index in [1.165, 1.54) is 27.9 Å². The predicted molar refractivity (Wildman–Crippen MR) is 90.0 cm³/mol. The fraction of sp³-hybridized carbons (Fsp3) is 0.444. The zero-order valence-corrected chi connectivity index (χ0v) is 13.7. The largest absolute Gasteiger partial charge is 0.347 e. The molecule has 1 aromatic heterocycles.